The first-order chi connectivity index (χ1) is 23.1. The molecule has 4 heterocycles. The van der Waals surface area contributed by atoms with Crippen LogP contribution in [0.3, 0.4) is 0 Å². The first kappa shape index (κ1) is 29.9. The number of fused-ring (bicyclic) bond motifs is 6. The molecule has 0 aliphatic heterocycles. The van der Waals surface area contributed by atoms with E-state index in [2.05, 4.69) is 125 Å². The minimum Gasteiger partial charge on any atom is -0.497 e. The van der Waals surface area contributed by atoms with Crippen molar-refractivity contribution in [1.29, 1.82) is 0 Å². The monoisotopic (exact) mass is 803 g/mol. The van der Waals surface area contributed by atoms with Crippen LogP contribution in [0.5, 0.6) is 5.75 Å². The molecule has 0 spiro atoms. The van der Waals surface area contributed by atoms with Crippen molar-refractivity contribution in [3.63, 3.8) is 0 Å². The SMILES string of the molecule is COc1ccc(-c2c3c4ccccc4n(-c4[c-]c(-c5ccccc5C)ccc4)c3nc3c2c2ccccc2n3-c2nccn2C)cc1.[Pt]. The summed E-state index contributed by atoms with van der Waals surface area (Å²) in [5, 5.41) is 4.43. The van der Waals surface area contributed by atoms with Gasteiger partial charge in [-0.1, -0.05) is 83.9 Å². The number of rotatable bonds is 5. The number of ether oxygens (including phenoxy) is 1. The van der Waals surface area contributed by atoms with E-state index < -0.39 is 0 Å². The van der Waals surface area contributed by atoms with Gasteiger partial charge < -0.3 is 13.9 Å². The summed E-state index contributed by atoms with van der Waals surface area (Å²) in [6, 6.07) is 44.1. The molecule has 7 heteroatoms. The van der Waals surface area contributed by atoms with Gasteiger partial charge in [-0.15, -0.1) is 29.8 Å². The van der Waals surface area contributed by atoms with E-state index in [0.29, 0.717) is 0 Å². The second-order valence-electron chi connectivity index (χ2n) is 11.9. The molecule has 0 bridgehead atoms. The van der Waals surface area contributed by atoms with Crippen LogP contribution in [0, 0.1) is 13.0 Å². The van der Waals surface area contributed by atoms with Gasteiger partial charge in [0.2, 0.25) is 5.95 Å². The van der Waals surface area contributed by atoms with Crippen LogP contribution < -0.4 is 4.74 Å². The fourth-order valence-electron chi connectivity index (χ4n) is 7.07. The Labute approximate surface area is 292 Å². The van der Waals surface area contributed by atoms with Crippen LogP contribution in [-0.4, -0.2) is 30.8 Å². The fourth-order valence-corrected chi connectivity index (χ4v) is 7.07. The zero-order chi connectivity index (χ0) is 31.6. The second-order valence-corrected chi connectivity index (χ2v) is 11.9. The van der Waals surface area contributed by atoms with E-state index in [-0.39, 0.29) is 21.1 Å². The van der Waals surface area contributed by atoms with Gasteiger partial charge in [-0.2, -0.15) is 0 Å². The van der Waals surface area contributed by atoms with Crippen LogP contribution in [0.15, 0.2) is 128 Å². The summed E-state index contributed by atoms with van der Waals surface area (Å²) in [6.45, 7) is 2.15. The van der Waals surface area contributed by atoms with Gasteiger partial charge in [0, 0.05) is 67.6 Å². The van der Waals surface area contributed by atoms with Gasteiger partial charge in [-0.25, -0.2) is 9.97 Å². The molecule has 236 valence electrons. The van der Waals surface area contributed by atoms with E-state index in [1.54, 1.807) is 7.11 Å². The normalized spacial score (nSPS) is 11.5. The third-order valence-corrected chi connectivity index (χ3v) is 9.24. The molecular formula is C41H30N5OPt-. The third kappa shape index (κ3) is 4.44. The van der Waals surface area contributed by atoms with Crippen LogP contribution in [0.1, 0.15) is 5.56 Å². The van der Waals surface area contributed by atoms with E-state index in [4.69, 9.17) is 14.7 Å². The summed E-state index contributed by atoms with van der Waals surface area (Å²) in [4.78, 5) is 10.4. The van der Waals surface area contributed by atoms with Crippen LogP contribution in [-0.2, 0) is 28.1 Å². The van der Waals surface area contributed by atoms with E-state index >= 15 is 0 Å². The van der Waals surface area contributed by atoms with Crippen molar-refractivity contribution in [3.05, 3.63) is 139 Å². The molecule has 6 nitrogen and oxygen atoms in total. The van der Waals surface area contributed by atoms with Gasteiger partial charge in [0.25, 0.3) is 0 Å². The molecule has 0 fully saturated rings. The van der Waals surface area contributed by atoms with Crippen molar-refractivity contribution in [2.24, 2.45) is 7.05 Å². The molecular weight excluding hydrogens is 774 g/mol. The van der Waals surface area contributed by atoms with Gasteiger partial charge in [0.15, 0.2) is 5.65 Å². The van der Waals surface area contributed by atoms with Crippen LogP contribution in [0.4, 0.5) is 0 Å². The Bertz CT molecular complexity index is 2650. The predicted octanol–water partition coefficient (Wildman–Crippen LogP) is 9.46. The first-order valence-corrected chi connectivity index (χ1v) is 15.7. The van der Waals surface area contributed by atoms with E-state index in [9.17, 15) is 0 Å². The van der Waals surface area contributed by atoms with Crippen LogP contribution in [0.25, 0.3) is 77.8 Å². The number of aryl methyl sites for hydroxylation is 2. The zero-order valence-electron chi connectivity index (χ0n) is 26.6. The Morgan fingerprint density at radius 3 is 2.00 bits per heavy atom. The number of hydrogen-bond donors (Lipinski definition) is 0. The van der Waals surface area contributed by atoms with Crippen molar-refractivity contribution in [2.45, 2.75) is 6.92 Å². The third-order valence-electron chi connectivity index (χ3n) is 9.24. The molecule has 0 aliphatic carbocycles. The maximum atomic E-state index is 5.59. The number of nitrogens with zero attached hydrogens (tertiary/aromatic N) is 5. The first-order valence-electron chi connectivity index (χ1n) is 15.7. The summed E-state index contributed by atoms with van der Waals surface area (Å²) in [6.07, 6.45) is 3.81. The summed E-state index contributed by atoms with van der Waals surface area (Å²) in [7, 11) is 3.72. The standard InChI is InChI=1S/C41H30N5O.Pt/c1-26-11-4-5-14-31(26)28-12-10-13-29(25-28)45-34-17-8-6-15-32(34)37-36(27-19-21-30(47-3)22-20-27)38-33-16-7-9-18-35(33)46(40(38)43-39(37)45)41-42-23-24-44(41)2;/h4-24H,1-3H3;/q-1;. The minimum atomic E-state index is 0. The molecule has 0 saturated carbocycles. The Balaban J connectivity index is 0.00000336. The number of methoxy groups -OCH3 is 1. The number of hydrogen-bond acceptors (Lipinski definition) is 3. The van der Waals surface area contributed by atoms with Crippen molar-refractivity contribution >= 4 is 43.9 Å². The molecule has 0 atom stereocenters. The minimum absolute atomic E-state index is 0. The van der Waals surface area contributed by atoms with Gasteiger partial charge in [-0.05, 0) is 42.4 Å². The summed E-state index contributed by atoms with van der Waals surface area (Å²) in [5.41, 5.74) is 10.4. The van der Waals surface area contributed by atoms with Crippen molar-refractivity contribution in [1.82, 2.24) is 23.7 Å². The number of pyridine rings is 1. The zero-order valence-corrected chi connectivity index (χ0v) is 28.9. The Morgan fingerprint density at radius 2 is 1.33 bits per heavy atom. The smallest absolute Gasteiger partial charge is 0.215 e. The Morgan fingerprint density at radius 1 is 0.688 bits per heavy atom. The second kappa shape index (κ2) is 11.7. The number of imidazole rings is 1. The molecule has 0 radical (unpaired) electrons. The summed E-state index contributed by atoms with van der Waals surface area (Å²) < 4.78 is 12.1. The molecule has 0 saturated heterocycles. The predicted molar refractivity (Wildman–Crippen MR) is 191 cm³/mol. The maximum Gasteiger partial charge on any atom is 0.215 e. The van der Waals surface area contributed by atoms with Gasteiger partial charge in [0.05, 0.1) is 18.1 Å². The number of aromatic nitrogens is 5. The van der Waals surface area contributed by atoms with Gasteiger partial charge in [-0.3, -0.25) is 4.57 Å². The van der Waals surface area contributed by atoms with Crippen molar-refractivity contribution < 1.29 is 25.8 Å². The number of benzene rings is 5. The molecule has 0 unspecified atom stereocenters. The molecule has 4 aromatic heterocycles. The molecule has 0 amide bonds. The Kier molecular flexibility index (Phi) is 7.27. The van der Waals surface area contributed by atoms with Crippen LogP contribution >= 0.6 is 0 Å². The van der Waals surface area contributed by atoms with Gasteiger partial charge in [0.1, 0.15) is 11.4 Å². The maximum absolute atomic E-state index is 5.59. The van der Waals surface area contributed by atoms with E-state index in [0.717, 1.165) is 77.9 Å². The van der Waals surface area contributed by atoms with Crippen molar-refractivity contribution in [2.75, 3.05) is 7.11 Å². The fraction of sp³-hybridized carbons (Fsp3) is 0.0732. The quantitative estimate of drug-likeness (QED) is 0.163. The topological polar surface area (TPSA) is 49.8 Å². The van der Waals surface area contributed by atoms with E-state index in [1.807, 2.05) is 36.1 Å². The van der Waals surface area contributed by atoms with Crippen molar-refractivity contribution in [3.8, 4) is 39.6 Å². The average Bonchev–Trinajstić information content (AvgIpc) is 3.78. The molecule has 0 N–H and O–H groups in total. The average molecular weight is 804 g/mol. The largest absolute Gasteiger partial charge is 0.497 e. The summed E-state index contributed by atoms with van der Waals surface area (Å²) in [5.74, 6) is 1.62. The molecule has 9 rings (SSSR count). The number of para-hydroxylation sites is 2. The Hall–Kier alpha value is -5.45. The molecule has 0 aliphatic rings. The molecule has 9 aromatic rings. The van der Waals surface area contributed by atoms with E-state index in [1.165, 1.54) is 11.1 Å². The van der Waals surface area contributed by atoms with Crippen LogP contribution in [0.2, 0.25) is 0 Å². The van der Waals surface area contributed by atoms with Gasteiger partial charge >= 0.3 is 0 Å². The summed E-state index contributed by atoms with van der Waals surface area (Å²) >= 11 is 0. The molecule has 48 heavy (non-hydrogen) atoms. The molecule has 5 aromatic carbocycles.